The number of hydrogen-bond donors (Lipinski definition) is 1. The largest absolute Gasteiger partial charge is 0.386 e. The average molecular weight is 343 g/mol. The first-order chi connectivity index (χ1) is 11.8. The maximum absolute atomic E-state index is 13.8. The zero-order valence-electron chi connectivity index (χ0n) is 14.1. The van der Waals surface area contributed by atoms with Gasteiger partial charge in [0.1, 0.15) is 5.82 Å². The molecule has 4 rings (SSSR count). The number of nitrogens with zero attached hydrogens (tertiary/aromatic N) is 3. The molecule has 1 aliphatic rings. The van der Waals surface area contributed by atoms with E-state index in [1.807, 2.05) is 10.6 Å². The van der Waals surface area contributed by atoms with Crippen molar-refractivity contribution in [3.05, 3.63) is 47.8 Å². The Kier molecular flexibility index (Phi) is 3.61. The fraction of sp³-hybridized carbons (Fsp3) is 0.368. The molecule has 2 aromatic heterocycles. The van der Waals surface area contributed by atoms with Crippen LogP contribution in [0.25, 0.3) is 22.4 Å². The summed E-state index contributed by atoms with van der Waals surface area (Å²) in [6.45, 7) is 3.38. The van der Waals surface area contributed by atoms with E-state index < -0.39 is 17.2 Å². The highest BCUT2D eigenvalue weighted by molar-refractivity contribution is 5.81. The van der Waals surface area contributed by atoms with E-state index in [0.717, 1.165) is 30.9 Å². The van der Waals surface area contributed by atoms with Gasteiger partial charge < -0.3 is 9.67 Å². The summed E-state index contributed by atoms with van der Waals surface area (Å²) in [5, 5.41) is 10.2. The monoisotopic (exact) mass is 343 g/mol. The van der Waals surface area contributed by atoms with Crippen LogP contribution in [0.5, 0.6) is 0 Å². The molecule has 1 aliphatic carbocycles. The number of halogens is 2. The summed E-state index contributed by atoms with van der Waals surface area (Å²) in [4.78, 5) is 8.76. The molecular formula is C19H19F2N3O. The third kappa shape index (κ3) is 2.70. The molecule has 1 aromatic carbocycles. The van der Waals surface area contributed by atoms with Gasteiger partial charge in [-0.25, -0.2) is 13.8 Å². The molecule has 25 heavy (non-hydrogen) atoms. The molecule has 0 saturated heterocycles. The highest BCUT2D eigenvalue weighted by Crippen LogP contribution is 2.39. The molecule has 1 saturated carbocycles. The third-order valence-electron chi connectivity index (χ3n) is 4.87. The Balaban J connectivity index is 1.95. The molecule has 0 amide bonds. The smallest absolute Gasteiger partial charge is 0.161 e. The Morgan fingerprint density at radius 2 is 1.84 bits per heavy atom. The van der Waals surface area contributed by atoms with Crippen molar-refractivity contribution < 1.29 is 13.9 Å². The van der Waals surface area contributed by atoms with E-state index in [1.54, 1.807) is 26.2 Å². The average Bonchev–Trinajstić information content (AvgIpc) is 2.84. The van der Waals surface area contributed by atoms with Crippen molar-refractivity contribution in [2.75, 3.05) is 0 Å². The van der Waals surface area contributed by atoms with Gasteiger partial charge in [0.05, 0.1) is 16.6 Å². The van der Waals surface area contributed by atoms with Crippen LogP contribution in [-0.2, 0) is 5.60 Å². The molecule has 2 heterocycles. The van der Waals surface area contributed by atoms with Gasteiger partial charge in [-0.15, -0.1) is 0 Å². The van der Waals surface area contributed by atoms with Crippen LogP contribution in [0.1, 0.15) is 44.7 Å². The molecule has 0 radical (unpaired) electrons. The second-order valence-corrected chi connectivity index (χ2v) is 7.17. The van der Waals surface area contributed by atoms with Crippen molar-refractivity contribution in [2.24, 2.45) is 0 Å². The first kappa shape index (κ1) is 16.1. The van der Waals surface area contributed by atoms with Crippen molar-refractivity contribution in [2.45, 2.75) is 44.8 Å². The van der Waals surface area contributed by atoms with Gasteiger partial charge in [-0.3, -0.25) is 4.98 Å². The van der Waals surface area contributed by atoms with Crippen molar-refractivity contribution in [3.8, 4) is 11.4 Å². The maximum Gasteiger partial charge on any atom is 0.161 e. The summed E-state index contributed by atoms with van der Waals surface area (Å²) in [5.41, 5.74) is 1.37. The van der Waals surface area contributed by atoms with E-state index in [4.69, 9.17) is 0 Å². The third-order valence-corrected chi connectivity index (χ3v) is 4.87. The van der Waals surface area contributed by atoms with Crippen molar-refractivity contribution in [1.29, 1.82) is 0 Å². The molecule has 130 valence electrons. The fourth-order valence-electron chi connectivity index (χ4n) is 3.21. The normalized spacial score (nSPS) is 15.6. The molecule has 0 unspecified atom stereocenters. The van der Waals surface area contributed by atoms with Crippen LogP contribution in [0.2, 0.25) is 0 Å². The molecule has 3 aromatic rings. The van der Waals surface area contributed by atoms with E-state index >= 15 is 0 Å². The zero-order chi connectivity index (χ0) is 17.8. The van der Waals surface area contributed by atoms with Gasteiger partial charge in [0, 0.05) is 41.7 Å². The molecule has 0 aliphatic heterocycles. The lowest BCUT2D eigenvalue weighted by molar-refractivity contribution is 0.0783. The second-order valence-electron chi connectivity index (χ2n) is 7.17. The van der Waals surface area contributed by atoms with Crippen LogP contribution in [0, 0.1) is 11.6 Å². The van der Waals surface area contributed by atoms with Crippen LogP contribution in [0.4, 0.5) is 8.78 Å². The molecule has 1 N–H and O–H groups in total. The van der Waals surface area contributed by atoms with Gasteiger partial charge in [0.15, 0.2) is 11.6 Å². The number of aromatic nitrogens is 3. The number of rotatable bonds is 3. The first-order valence-electron chi connectivity index (χ1n) is 8.40. The highest BCUT2D eigenvalue weighted by atomic mass is 19.2. The van der Waals surface area contributed by atoms with Crippen molar-refractivity contribution in [1.82, 2.24) is 14.5 Å². The predicted molar refractivity (Wildman–Crippen MR) is 91.0 cm³/mol. The number of pyridine rings is 1. The highest BCUT2D eigenvalue weighted by Gasteiger charge is 2.27. The molecule has 4 nitrogen and oxygen atoms in total. The number of imidazole rings is 1. The number of benzene rings is 1. The van der Waals surface area contributed by atoms with E-state index in [9.17, 15) is 13.9 Å². The van der Waals surface area contributed by atoms with Crippen LogP contribution >= 0.6 is 0 Å². The Morgan fingerprint density at radius 1 is 1.12 bits per heavy atom. The lowest BCUT2D eigenvalue weighted by atomic mass is 9.92. The summed E-state index contributed by atoms with van der Waals surface area (Å²) < 4.78 is 29.4. The standard InChI is InChI=1S/C19H19F2N3O/c1-19(2,25)12-6-11(9-22-10-12)18-23-16-7-14(20)15(21)8-17(16)24(18)13-4-3-5-13/h6-10,13,25H,3-5H2,1-2H3. The first-order valence-corrected chi connectivity index (χ1v) is 8.40. The molecule has 0 spiro atoms. The molecule has 1 fully saturated rings. The minimum Gasteiger partial charge on any atom is -0.386 e. The van der Waals surface area contributed by atoms with Crippen LogP contribution in [0.15, 0.2) is 30.6 Å². The van der Waals surface area contributed by atoms with E-state index in [2.05, 4.69) is 9.97 Å². The van der Waals surface area contributed by atoms with Crippen molar-refractivity contribution in [3.63, 3.8) is 0 Å². The van der Waals surface area contributed by atoms with E-state index in [-0.39, 0.29) is 6.04 Å². The second kappa shape index (κ2) is 5.59. The Bertz CT molecular complexity index is 955. The van der Waals surface area contributed by atoms with Crippen LogP contribution < -0.4 is 0 Å². The topological polar surface area (TPSA) is 50.9 Å². The quantitative estimate of drug-likeness (QED) is 0.770. The predicted octanol–water partition coefficient (Wildman–Crippen LogP) is 4.33. The minimum absolute atomic E-state index is 0.218. The van der Waals surface area contributed by atoms with Gasteiger partial charge in [0.25, 0.3) is 0 Å². The molecule has 0 bridgehead atoms. The summed E-state index contributed by atoms with van der Waals surface area (Å²) in [7, 11) is 0. The zero-order valence-corrected chi connectivity index (χ0v) is 14.1. The van der Waals surface area contributed by atoms with Crippen LogP contribution in [-0.4, -0.2) is 19.6 Å². The lowest BCUT2D eigenvalue weighted by Crippen LogP contribution is -2.19. The number of aliphatic hydroxyl groups is 1. The van der Waals surface area contributed by atoms with E-state index in [1.165, 1.54) is 6.07 Å². The maximum atomic E-state index is 13.8. The molecular weight excluding hydrogens is 324 g/mol. The van der Waals surface area contributed by atoms with E-state index in [0.29, 0.717) is 22.4 Å². The molecule has 6 heteroatoms. The Hall–Kier alpha value is -2.34. The summed E-state index contributed by atoms with van der Waals surface area (Å²) >= 11 is 0. The lowest BCUT2D eigenvalue weighted by Gasteiger charge is -2.29. The number of fused-ring (bicyclic) bond motifs is 1. The molecule has 0 atom stereocenters. The van der Waals surface area contributed by atoms with Crippen LogP contribution in [0.3, 0.4) is 0 Å². The van der Waals surface area contributed by atoms with Gasteiger partial charge in [0.2, 0.25) is 0 Å². The Labute approximate surface area is 144 Å². The summed E-state index contributed by atoms with van der Waals surface area (Å²) in [6, 6.07) is 4.40. The SMILES string of the molecule is CC(C)(O)c1cncc(-c2nc3cc(F)c(F)cc3n2C2CCC2)c1. The van der Waals surface area contributed by atoms with Gasteiger partial charge in [-0.1, -0.05) is 0 Å². The fourth-order valence-corrected chi connectivity index (χ4v) is 3.21. The minimum atomic E-state index is -1.03. The van der Waals surface area contributed by atoms with Gasteiger partial charge >= 0.3 is 0 Å². The number of hydrogen-bond acceptors (Lipinski definition) is 3. The summed E-state index contributed by atoms with van der Waals surface area (Å²) in [5.74, 6) is -1.15. The summed E-state index contributed by atoms with van der Waals surface area (Å²) in [6.07, 6.45) is 6.35. The van der Waals surface area contributed by atoms with Gasteiger partial charge in [-0.2, -0.15) is 0 Å². The van der Waals surface area contributed by atoms with Crippen molar-refractivity contribution >= 4 is 11.0 Å². The van der Waals surface area contributed by atoms with Gasteiger partial charge in [-0.05, 0) is 39.2 Å². The Morgan fingerprint density at radius 3 is 2.48 bits per heavy atom.